The van der Waals surface area contributed by atoms with E-state index in [-0.39, 0.29) is 5.78 Å². The molecule has 0 bridgehead atoms. The van der Waals surface area contributed by atoms with E-state index in [1.165, 1.54) is 11.3 Å². The quantitative estimate of drug-likeness (QED) is 0.653. The molecule has 0 unspecified atom stereocenters. The molecule has 19 heavy (non-hydrogen) atoms. The lowest BCUT2D eigenvalue weighted by molar-refractivity contribution is 0.104. The van der Waals surface area contributed by atoms with Crippen molar-refractivity contribution in [2.45, 2.75) is 13.8 Å². The summed E-state index contributed by atoms with van der Waals surface area (Å²) in [6.07, 6.45) is 0. The maximum absolute atomic E-state index is 12.4. The van der Waals surface area contributed by atoms with E-state index in [0.717, 1.165) is 32.6 Å². The summed E-state index contributed by atoms with van der Waals surface area (Å²) in [5.41, 5.74) is 3.68. The fraction of sp³-hybridized carbons (Fsp3) is 0.125. The van der Waals surface area contributed by atoms with Gasteiger partial charge in [-0.3, -0.25) is 9.78 Å². The number of aromatic nitrogens is 1. The van der Waals surface area contributed by atoms with Gasteiger partial charge in [0, 0.05) is 16.6 Å². The van der Waals surface area contributed by atoms with Crippen molar-refractivity contribution in [2.24, 2.45) is 0 Å². The third-order valence-corrected chi connectivity index (χ3v) is 4.17. The van der Waals surface area contributed by atoms with Crippen molar-refractivity contribution in [3.8, 4) is 0 Å². The second-order valence-corrected chi connectivity index (χ2v) is 5.54. The molecule has 0 amide bonds. The molecule has 0 spiro atoms. The topological polar surface area (TPSA) is 30.0 Å². The fourth-order valence-corrected chi connectivity index (χ4v) is 2.99. The van der Waals surface area contributed by atoms with Crippen molar-refractivity contribution in [2.75, 3.05) is 0 Å². The zero-order chi connectivity index (χ0) is 13.4. The zero-order valence-corrected chi connectivity index (χ0v) is 11.6. The Morgan fingerprint density at radius 3 is 2.68 bits per heavy atom. The molecule has 0 atom stereocenters. The number of hydrogen-bond donors (Lipinski definition) is 0. The molecular weight excluding hydrogens is 254 g/mol. The lowest BCUT2D eigenvalue weighted by Crippen LogP contribution is -2.00. The van der Waals surface area contributed by atoms with Crippen LogP contribution in [0.4, 0.5) is 0 Å². The Labute approximate surface area is 115 Å². The van der Waals surface area contributed by atoms with E-state index in [1.54, 1.807) is 0 Å². The molecule has 2 nitrogen and oxygen atoms in total. The average molecular weight is 267 g/mol. The van der Waals surface area contributed by atoms with Crippen LogP contribution in [-0.4, -0.2) is 10.8 Å². The zero-order valence-electron chi connectivity index (χ0n) is 10.8. The molecule has 0 fully saturated rings. The Balaban J connectivity index is 2.09. The smallest absolute Gasteiger partial charge is 0.203 e. The molecule has 0 aliphatic heterocycles. The molecular formula is C16H13NOS. The Hall–Kier alpha value is -2.00. The van der Waals surface area contributed by atoms with E-state index in [2.05, 4.69) is 4.98 Å². The van der Waals surface area contributed by atoms with Crippen molar-refractivity contribution < 1.29 is 4.79 Å². The van der Waals surface area contributed by atoms with Crippen molar-refractivity contribution >= 4 is 28.0 Å². The van der Waals surface area contributed by atoms with Gasteiger partial charge in [0.05, 0.1) is 10.4 Å². The van der Waals surface area contributed by atoms with Crippen molar-refractivity contribution in [3.63, 3.8) is 0 Å². The molecule has 1 aromatic carbocycles. The first-order valence-electron chi connectivity index (χ1n) is 6.11. The predicted octanol–water partition coefficient (Wildman–Crippen LogP) is 4.14. The first kappa shape index (κ1) is 12.1. The largest absolute Gasteiger partial charge is 0.288 e. The molecule has 0 N–H and O–H groups in total. The number of benzene rings is 1. The van der Waals surface area contributed by atoms with Gasteiger partial charge in [0.1, 0.15) is 0 Å². The Bertz CT molecular complexity index is 773. The molecule has 94 valence electrons. The van der Waals surface area contributed by atoms with E-state index in [1.807, 2.05) is 55.6 Å². The van der Waals surface area contributed by atoms with Crippen molar-refractivity contribution in [3.05, 3.63) is 63.5 Å². The lowest BCUT2D eigenvalue weighted by Gasteiger charge is -2.03. The predicted molar refractivity (Wildman–Crippen MR) is 79.0 cm³/mol. The minimum atomic E-state index is 0.0926. The van der Waals surface area contributed by atoms with Crippen LogP contribution in [0.2, 0.25) is 0 Å². The number of rotatable bonds is 2. The number of pyridine rings is 1. The van der Waals surface area contributed by atoms with Crippen molar-refractivity contribution in [1.29, 1.82) is 0 Å². The van der Waals surface area contributed by atoms with Crippen LogP contribution >= 0.6 is 11.3 Å². The summed E-state index contributed by atoms with van der Waals surface area (Å²) in [5, 5.41) is 2.96. The number of carbonyl (C=O) groups excluding carboxylic acids is 1. The standard InChI is InChI=1S/C16H13NOS/c1-10-7-8-19-16(10)15(18)13-5-6-14-12(9-13)4-3-11(2)17-14/h3-9H,1-2H3. The van der Waals surface area contributed by atoms with Crippen LogP contribution in [0.5, 0.6) is 0 Å². The number of nitrogens with zero attached hydrogens (tertiary/aromatic N) is 1. The second kappa shape index (κ2) is 4.59. The van der Waals surface area contributed by atoms with Gasteiger partial charge in [-0.1, -0.05) is 6.07 Å². The third-order valence-electron chi connectivity index (χ3n) is 3.16. The Morgan fingerprint density at radius 2 is 1.95 bits per heavy atom. The molecule has 3 aromatic rings. The Morgan fingerprint density at radius 1 is 1.11 bits per heavy atom. The summed E-state index contributed by atoms with van der Waals surface area (Å²) in [6, 6.07) is 11.6. The highest BCUT2D eigenvalue weighted by atomic mass is 32.1. The van der Waals surface area contributed by atoms with Crippen molar-refractivity contribution in [1.82, 2.24) is 4.98 Å². The van der Waals surface area contributed by atoms with Gasteiger partial charge in [-0.05, 0) is 55.1 Å². The monoisotopic (exact) mass is 267 g/mol. The van der Waals surface area contributed by atoms with E-state index in [0.29, 0.717) is 0 Å². The van der Waals surface area contributed by atoms with E-state index in [4.69, 9.17) is 0 Å². The van der Waals surface area contributed by atoms with Crippen LogP contribution < -0.4 is 0 Å². The molecule has 0 aliphatic rings. The highest BCUT2D eigenvalue weighted by Crippen LogP contribution is 2.22. The number of thiophene rings is 1. The third kappa shape index (κ3) is 2.17. The molecule has 3 heteroatoms. The summed E-state index contributed by atoms with van der Waals surface area (Å²) >= 11 is 1.50. The lowest BCUT2D eigenvalue weighted by atomic mass is 10.0. The van der Waals surface area contributed by atoms with E-state index < -0.39 is 0 Å². The summed E-state index contributed by atoms with van der Waals surface area (Å²) < 4.78 is 0. The van der Waals surface area contributed by atoms with Gasteiger partial charge in [-0.15, -0.1) is 11.3 Å². The number of hydrogen-bond acceptors (Lipinski definition) is 3. The van der Waals surface area contributed by atoms with E-state index in [9.17, 15) is 4.79 Å². The number of ketones is 1. The van der Waals surface area contributed by atoms with Gasteiger partial charge in [0.25, 0.3) is 0 Å². The molecule has 2 aromatic heterocycles. The van der Waals surface area contributed by atoms with Crippen LogP contribution in [0.25, 0.3) is 10.9 Å². The van der Waals surface area contributed by atoms with Gasteiger partial charge >= 0.3 is 0 Å². The highest BCUT2D eigenvalue weighted by Gasteiger charge is 2.13. The SMILES string of the molecule is Cc1ccc2cc(C(=O)c3sccc3C)ccc2n1. The van der Waals surface area contributed by atoms with Gasteiger partial charge in [-0.2, -0.15) is 0 Å². The molecule has 0 saturated carbocycles. The van der Waals surface area contributed by atoms with Gasteiger partial charge in [0.15, 0.2) is 0 Å². The summed E-state index contributed by atoms with van der Waals surface area (Å²) in [5.74, 6) is 0.0926. The fourth-order valence-electron chi connectivity index (χ4n) is 2.11. The summed E-state index contributed by atoms with van der Waals surface area (Å²) in [6.45, 7) is 3.93. The second-order valence-electron chi connectivity index (χ2n) is 4.62. The molecule has 2 heterocycles. The maximum atomic E-state index is 12.4. The van der Waals surface area contributed by atoms with Crippen LogP contribution in [0, 0.1) is 13.8 Å². The molecule has 0 saturated heterocycles. The van der Waals surface area contributed by atoms with Crippen LogP contribution in [0.3, 0.4) is 0 Å². The molecule has 3 rings (SSSR count). The maximum Gasteiger partial charge on any atom is 0.203 e. The van der Waals surface area contributed by atoms with Gasteiger partial charge in [-0.25, -0.2) is 0 Å². The number of fused-ring (bicyclic) bond motifs is 1. The van der Waals surface area contributed by atoms with Crippen LogP contribution in [-0.2, 0) is 0 Å². The average Bonchev–Trinajstić information content (AvgIpc) is 2.83. The summed E-state index contributed by atoms with van der Waals surface area (Å²) in [7, 11) is 0. The van der Waals surface area contributed by atoms with Crippen LogP contribution in [0.1, 0.15) is 26.5 Å². The van der Waals surface area contributed by atoms with Crippen LogP contribution in [0.15, 0.2) is 41.8 Å². The number of aryl methyl sites for hydroxylation is 2. The van der Waals surface area contributed by atoms with Gasteiger partial charge < -0.3 is 0 Å². The minimum absolute atomic E-state index is 0.0926. The Kier molecular flexibility index (Phi) is 2.91. The first-order valence-corrected chi connectivity index (χ1v) is 6.99. The summed E-state index contributed by atoms with van der Waals surface area (Å²) in [4.78, 5) is 17.7. The minimum Gasteiger partial charge on any atom is -0.288 e. The molecule has 0 radical (unpaired) electrons. The number of carbonyl (C=O) groups is 1. The first-order chi connectivity index (χ1) is 9.15. The van der Waals surface area contributed by atoms with E-state index >= 15 is 0 Å². The molecule has 0 aliphatic carbocycles. The highest BCUT2D eigenvalue weighted by molar-refractivity contribution is 7.12. The normalized spacial score (nSPS) is 10.8. The van der Waals surface area contributed by atoms with Gasteiger partial charge in [0.2, 0.25) is 5.78 Å².